The van der Waals surface area contributed by atoms with Crippen LogP contribution in [0.25, 0.3) is 0 Å². The summed E-state index contributed by atoms with van der Waals surface area (Å²) in [5, 5.41) is 0.670. The summed E-state index contributed by atoms with van der Waals surface area (Å²) >= 11 is 5.86. The molecule has 76 valence electrons. The molecule has 0 aliphatic rings. The zero-order valence-electron chi connectivity index (χ0n) is 8.16. The van der Waals surface area contributed by atoms with E-state index in [9.17, 15) is 0 Å². The Bertz CT molecular complexity index is 323. The monoisotopic (exact) mass is 211 g/mol. The van der Waals surface area contributed by atoms with Crippen molar-refractivity contribution in [2.45, 2.75) is 13.0 Å². The highest BCUT2D eigenvalue weighted by Gasteiger charge is 2.08. The van der Waals surface area contributed by atoms with Gasteiger partial charge in [-0.15, -0.1) is 0 Å². The van der Waals surface area contributed by atoms with Crippen molar-refractivity contribution < 1.29 is 4.74 Å². The summed E-state index contributed by atoms with van der Waals surface area (Å²) in [4.78, 5) is 0. The van der Waals surface area contributed by atoms with Gasteiger partial charge in [0, 0.05) is 16.6 Å². The highest BCUT2D eigenvalue weighted by atomic mass is 35.5. The Morgan fingerprint density at radius 2 is 2.36 bits per heavy atom. The summed E-state index contributed by atoms with van der Waals surface area (Å²) < 4.78 is 5.45. The van der Waals surface area contributed by atoms with Crippen LogP contribution >= 0.6 is 11.6 Å². The average molecular weight is 212 g/mol. The van der Waals surface area contributed by atoms with Crippen molar-refractivity contribution in [3.05, 3.63) is 41.4 Å². The van der Waals surface area contributed by atoms with Crippen molar-refractivity contribution in [1.29, 1.82) is 0 Å². The second-order valence-electron chi connectivity index (χ2n) is 3.07. The van der Waals surface area contributed by atoms with E-state index in [-0.39, 0.29) is 6.04 Å². The van der Waals surface area contributed by atoms with E-state index in [1.807, 2.05) is 19.1 Å². The van der Waals surface area contributed by atoms with Gasteiger partial charge >= 0.3 is 0 Å². The topological polar surface area (TPSA) is 35.2 Å². The van der Waals surface area contributed by atoms with E-state index in [2.05, 4.69) is 6.58 Å². The molecule has 1 aromatic rings. The van der Waals surface area contributed by atoms with Gasteiger partial charge in [-0.05, 0) is 25.1 Å². The van der Waals surface area contributed by atoms with Crippen molar-refractivity contribution in [3.63, 3.8) is 0 Å². The molecule has 0 radical (unpaired) electrons. The molecule has 0 aromatic heterocycles. The summed E-state index contributed by atoms with van der Waals surface area (Å²) in [6.07, 6.45) is 1.69. The van der Waals surface area contributed by atoms with Crippen LogP contribution in [0.3, 0.4) is 0 Å². The van der Waals surface area contributed by atoms with E-state index in [1.54, 1.807) is 12.1 Å². The van der Waals surface area contributed by atoms with Gasteiger partial charge in [0.25, 0.3) is 0 Å². The molecular formula is C11H14ClNO. The van der Waals surface area contributed by atoms with E-state index < -0.39 is 0 Å². The molecule has 2 N–H and O–H groups in total. The standard InChI is InChI=1S/C11H14ClNO/c1-3-6-14-11-5-4-9(12)7-10(11)8(2)13/h3-5,7-8H,1,6,13H2,2H3/t8-/m0/s1. The molecule has 0 heterocycles. The minimum Gasteiger partial charge on any atom is -0.489 e. The molecule has 0 spiro atoms. The summed E-state index contributed by atoms with van der Waals surface area (Å²) in [5.41, 5.74) is 6.71. The molecule has 0 amide bonds. The Labute approximate surface area is 89.3 Å². The Hall–Kier alpha value is -0.990. The van der Waals surface area contributed by atoms with E-state index in [4.69, 9.17) is 22.1 Å². The number of hydrogen-bond acceptors (Lipinski definition) is 2. The Morgan fingerprint density at radius 1 is 1.64 bits per heavy atom. The van der Waals surface area contributed by atoms with E-state index >= 15 is 0 Å². The summed E-state index contributed by atoms with van der Waals surface area (Å²) in [7, 11) is 0. The van der Waals surface area contributed by atoms with Gasteiger partial charge in [-0.3, -0.25) is 0 Å². The maximum absolute atomic E-state index is 5.86. The first kappa shape index (κ1) is 11.1. The summed E-state index contributed by atoms with van der Waals surface area (Å²) in [6.45, 7) is 5.95. The van der Waals surface area contributed by atoms with Crippen LogP contribution in [0.4, 0.5) is 0 Å². The van der Waals surface area contributed by atoms with Crippen molar-refractivity contribution in [2.75, 3.05) is 6.61 Å². The predicted octanol–water partition coefficient (Wildman–Crippen LogP) is 2.92. The second-order valence-corrected chi connectivity index (χ2v) is 3.51. The minimum atomic E-state index is -0.0893. The maximum atomic E-state index is 5.86. The van der Waals surface area contributed by atoms with Gasteiger partial charge in [0.2, 0.25) is 0 Å². The average Bonchev–Trinajstić information content (AvgIpc) is 2.15. The lowest BCUT2D eigenvalue weighted by Gasteiger charge is -2.13. The van der Waals surface area contributed by atoms with Crippen LogP contribution in [0, 0.1) is 0 Å². The third-order valence-electron chi connectivity index (χ3n) is 1.82. The first-order valence-corrected chi connectivity index (χ1v) is 4.81. The lowest BCUT2D eigenvalue weighted by atomic mass is 10.1. The molecule has 14 heavy (non-hydrogen) atoms. The molecule has 2 nitrogen and oxygen atoms in total. The fourth-order valence-corrected chi connectivity index (χ4v) is 1.34. The molecule has 0 unspecified atom stereocenters. The highest BCUT2D eigenvalue weighted by Crippen LogP contribution is 2.27. The van der Waals surface area contributed by atoms with E-state index in [0.717, 1.165) is 11.3 Å². The SMILES string of the molecule is C=CCOc1ccc(Cl)cc1[C@H](C)N. The zero-order valence-corrected chi connectivity index (χ0v) is 8.92. The van der Waals surface area contributed by atoms with Crippen molar-refractivity contribution in [1.82, 2.24) is 0 Å². The second kappa shape index (κ2) is 5.03. The quantitative estimate of drug-likeness (QED) is 0.778. The Kier molecular flexibility index (Phi) is 3.98. The first-order chi connectivity index (χ1) is 6.65. The zero-order chi connectivity index (χ0) is 10.6. The maximum Gasteiger partial charge on any atom is 0.124 e. The van der Waals surface area contributed by atoms with Crippen LogP contribution in [0.5, 0.6) is 5.75 Å². The van der Waals surface area contributed by atoms with Gasteiger partial charge in [-0.2, -0.15) is 0 Å². The molecule has 0 bridgehead atoms. The molecule has 0 aliphatic carbocycles. The van der Waals surface area contributed by atoms with Crippen molar-refractivity contribution in [2.24, 2.45) is 5.73 Å². The van der Waals surface area contributed by atoms with Crippen LogP contribution in [0.1, 0.15) is 18.5 Å². The summed E-state index contributed by atoms with van der Waals surface area (Å²) in [5.74, 6) is 0.768. The Morgan fingerprint density at radius 3 is 2.93 bits per heavy atom. The van der Waals surface area contributed by atoms with Crippen LogP contribution in [-0.2, 0) is 0 Å². The molecule has 3 heteroatoms. The normalized spacial score (nSPS) is 12.2. The molecule has 0 fully saturated rings. The van der Waals surface area contributed by atoms with Gasteiger partial charge in [-0.1, -0.05) is 24.3 Å². The van der Waals surface area contributed by atoms with Crippen LogP contribution in [0.2, 0.25) is 5.02 Å². The molecule has 1 rings (SSSR count). The van der Waals surface area contributed by atoms with E-state index in [1.165, 1.54) is 0 Å². The van der Waals surface area contributed by atoms with Gasteiger partial charge in [0.1, 0.15) is 12.4 Å². The van der Waals surface area contributed by atoms with Gasteiger partial charge in [0.05, 0.1) is 0 Å². The first-order valence-electron chi connectivity index (χ1n) is 4.44. The number of benzene rings is 1. The van der Waals surface area contributed by atoms with Gasteiger partial charge in [-0.25, -0.2) is 0 Å². The largest absolute Gasteiger partial charge is 0.489 e. The molecule has 1 aromatic carbocycles. The van der Waals surface area contributed by atoms with Crippen LogP contribution < -0.4 is 10.5 Å². The number of rotatable bonds is 4. The highest BCUT2D eigenvalue weighted by molar-refractivity contribution is 6.30. The minimum absolute atomic E-state index is 0.0893. The third-order valence-corrected chi connectivity index (χ3v) is 2.05. The summed E-state index contributed by atoms with van der Waals surface area (Å²) in [6, 6.07) is 5.34. The fourth-order valence-electron chi connectivity index (χ4n) is 1.16. The van der Waals surface area contributed by atoms with Gasteiger partial charge < -0.3 is 10.5 Å². The number of hydrogen-bond donors (Lipinski definition) is 1. The van der Waals surface area contributed by atoms with Gasteiger partial charge in [0.15, 0.2) is 0 Å². The molecular weight excluding hydrogens is 198 g/mol. The van der Waals surface area contributed by atoms with Crippen molar-refractivity contribution >= 4 is 11.6 Å². The third kappa shape index (κ3) is 2.76. The molecule has 1 atom stereocenters. The lowest BCUT2D eigenvalue weighted by Crippen LogP contribution is -2.08. The lowest BCUT2D eigenvalue weighted by molar-refractivity contribution is 0.357. The number of nitrogens with two attached hydrogens (primary N) is 1. The number of halogens is 1. The van der Waals surface area contributed by atoms with E-state index in [0.29, 0.717) is 11.6 Å². The smallest absolute Gasteiger partial charge is 0.124 e. The molecule has 0 saturated heterocycles. The van der Waals surface area contributed by atoms with Crippen LogP contribution in [0.15, 0.2) is 30.9 Å². The molecule has 0 aliphatic heterocycles. The fraction of sp³-hybridized carbons (Fsp3) is 0.273. The van der Waals surface area contributed by atoms with Crippen molar-refractivity contribution in [3.8, 4) is 5.75 Å². The Balaban J connectivity index is 2.95. The predicted molar refractivity (Wildman–Crippen MR) is 59.7 cm³/mol. The molecule has 0 saturated carbocycles. The number of ether oxygens (including phenoxy) is 1. The van der Waals surface area contributed by atoms with Crippen LogP contribution in [-0.4, -0.2) is 6.61 Å².